The molecule has 0 rings (SSSR count). The quantitative estimate of drug-likeness (QED) is 0.173. The van der Waals surface area contributed by atoms with Crippen LogP contribution < -0.4 is 0 Å². The van der Waals surface area contributed by atoms with E-state index < -0.39 is 60.8 Å². The van der Waals surface area contributed by atoms with Gasteiger partial charge in [-0.25, -0.2) is 14.4 Å². The molecule has 10 heteroatoms. The molecule has 0 unspecified atom stereocenters. The summed E-state index contributed by atoms with van der Waals surface area (Å²) in [6, 6.07) is 0. The van der Waals surface area contributed by atoms with E-state index >= 15 is 0 Å². The third kappa shape index (κ3) is 12.5. The van der Waals surface area contributed by atoms with Crippen LogP contribution >= 0.6 is 0 Å². The van der Waals surface area contributed by atoms with Crippen molar-refractivity contribution in [2.24, 2.45) is 0 Å². The lowest BCUT2D eigenvalue weighted by Crippen LogP contribution is -2.27. The molecule has 0 aromatic heterocycles. The van der Waals surface area contributed by atoms with Crippen LogP contribution in [0.15, 0.2) is 36.5 Å². The lowest BCUT2D eigenvalue weighted by Gasteiger charge is -2.18. The Morgan fingerprint density at radius 1 is 0.588 bits per heavy atom. The van der Waals surface area contributed by atoms with E-state index in [0.717, 1.165) is 0 Å². The predicted octanol–water partition coefficient (Wildman–Crippen LogP) is 2.34. The Morgan fingerprint density at radius 2 is 0.971 bits per heavy atom. The first-order valence-corrected chi connectivity index (χ1v) is 10.7. The van der Waals surface area contributed by atoms with Crippen LogP contribution in [-0.2, 0) is 47.7 Å². The Hall–Kier alpha value is -3.56. The number of ether oxygens (including phenoxy) is 4. The summed E-state index contributed by atoms with van der Waals surface area (Å²) in [7, 11) is 0. The molecule has 0 N–H and O–H groups in total. The van der Waals surface area contributed by atoms with E-state index in [1.54, 1.807) is 20.8 Å². The lowest BCUT2D eigenvalue weighted by atomic mass is 9.99. The number of Topliss-reactive ketones (excluding diaryl/α,β-unsaturated/α-hetero) is 2. The first-order valence-electron chi connectivity index (χ1n) is 10.7. The van der Waals surface area contributed by atoms with Gasteiger partial charge in [-0.1, -0.05) is 19.7 Å². The van der Waals surface area contributed by atoms with E-state index in [1.807, 2.05) is 0 Å². The monoisotopic (exact) mass is 480 g/mol. The first kappa shape index (κ1) is 30.4. The van der Waals surface area contributed by atoms with Crippen LogP contribution in [0, 0.1) is 0 Å². The molecule has 0 aromatic carbocycles. The van der Waals surface area contributed by atoms with Gasteiger partial charge >= 0.3 is 23.9 Å². The molecule has 0 aromatic rings. The summed E-state index contributed by atoms with van der Waals surface area (Å²) >= 11 is 0. The minimum Gasteiger partial charge on any atom is -0.466 e. The molecule has 34 heavy (non-hydrogen) atoms. The molecule has 0 atom stereocenters. The maximum absolute atomic E-state index is 12.4. The van der Waals surface area contributed by atoms with Gasteiger partial charge in [0.2, 0.25) is 0 Å². The summed E-state index contributed by atoms with van der Waals surface area (Å²) in [4.78, 5) is 72.1. The number of carbonyl (C=O) groups is 6. The average molecular weight is 481 g/mol. The predicted molar refractivity (Wildman–Crippen MR) is 120 cm³/mol. The molecule has 0 aliphatic carbocycles. The van der Waals surface area contributed by atoms with Crippen molar-refractivity contribution >= 4 is 35.4 Å². The van der Waals surface area contributed by atoms with Crippen molar-refractivity contribution in [2.45, 2.75) is 59.0 Å². The second-order valence-electron chi connectivity index (χ2n) is 7.10. The van der Waals surface area contributed by atoms with Crippen molar-refractivity contribution in [3.8, 4) is 0 Å². The van der Waals surface area contributed by atoms with Crippen LogP contribution in [0.25, 0.3) is 0 Å². The number of carbonyl (C=O) groups excluding carboxylic acids is 6. The Kier molecular flexibility index (Phi) is 14.4. The van der Waals surface area contributed by atoms with Crippen molar-refractivity contribution in [1.82, 2.24) is 0 Å². The van der Waals surface area contributed by atoms with Crippen molar-refractivity contribution in [1.29, 1.82) is 0 Å². The molecule has 0 spiro atoms. The molecule has 0 aliphatic heterocycles. The molecule has 0 radical (unpaired) electrons. The fraction of sp³-hybridized carbons (Fsp3) is 0.500. The van der Waals surface area contributed by atoms with E-state index in [9.17, 15) is 28.8 Å². The Morgan fingerprint density at radius 3 is 1.35 bits per heavy atom. The van der Waals surface area contributed by atoms with Crippen molar-refractivity contribution in [2.75, 3.05) is 19.8 Å². The summed E-state index contributed by atoms with van der Waals surface area (Å²) in [6.07, 6.45) is -3.26. The second kappa shape index (κ2) is 16.1. The Balaban J connectivity index is 5.29. The molecule has 0 bridgehead atoms. The average Bonchev–Trinajstić information content (AvgIpc) is 2.73. The van der Waals surface area contributed by atoms with Crippen LogP contribution in [0.1, 0.15) is 52.9 Å². The highest BCUT2D eigenvalue weighted by Gasteiger charge is 2.26. The van der Waals surface area contributed by atoms with Gasteiger partial charge in [0.25, 0.3) is 0 Å². The van der Waals surface area contributed by atoms with Gasteiger partial charge in [-0.2, -0.15) is 0 Å². The van der Waals surface area contributed by atoms with E-state index in [2.05, 4.69) is 19.7 Å². The third-order valence-corrected chi connectivity index (χ3v) is 4.09. The van der Waals surface area contributed by atoms with Gasteiger partial charge in [0.15, 0.2) is 0 Å². The number of hydrogen-bond donors (Lipinski definition) is 0. The van der Waals surface area contributed by atoms with Crippen molar-refractivity contribution in [3.05, 3.63) is 36.5 Å². The summed E-state index contributed by atoms with van der Waals surface area (Å²) in [5.41, 5.74) is -0.411. The number of ketones is 2. The molecule has 0 fully saturated rings. The topological polar surface area (TPSA) is 139 Å². The van der Waals surface area contributed by atoms with Gasteiger partial charge in [0.1, 0.15) is 17.7 Å². The van der Waals surface area contributed by atoms with E-state index in [0.29, 0.717) is 0 Å². The molecule has 0 saturated heterocycles. The zero-order chi connectivity index (χ0) is 26.3. The molecule has 0 saturated carbocycles. The number of hydrogen-bond acceptors (Lipinski definition) is 10. The van der Waals surface area contributed by atoms with Crippen LogP contribution in [0.4, 0.5) is 0 Å². The maximum atomic E-state index is 12.4. The first-order chi connectivity index (χ1) is 15.9. The summed E-state index contributed by atoms with van der Waals surface area (Å²) < 4.78 is 19.5. The maximum Gasteiger partial charge on any atom is 0.334 e. The largest absolute Gasteiger partial charge is 0.466 e. The molecular formula is C24H32O10. The van der Waals surface area contributed by atoms with Gasteiger partial charge in [-0.05, 0) is 20.8 Å². The van der Waals surface area contributed by atoms with Crippen LogP contribution in [0.3, 0.4) is 0 Å². The number of esters is 4. The summed E-state index contributed by atoms with van der Waals surface area (Å²) in [6.45, 7) is 15.6. The minimum absolute atomic E-state index is 0.0920. The zero-order valence-corrected chi connectivity index (χ0v) is 19.9. The van der Waals surface area contributed by atoms with Crippen molar-refractivity contribution < 1.29 is 47.7 Å². The van der Waals surface area contributed by atoms with Gasteiger partial charge in [-0.15, -0.1) is 0 Å². The van der Waals surface area contributed by atoms with Gasteiger partial charge in [0, 0.05) is 42.4 Å². The minimum atomic E-state index is -1.24. The van der Waals surface area contributed by atoms with Crippen LogP contribution in [0.2, 0.25) is 0 Å². The SMILES string of the molecule is C=C(CC(=O)CC(CC(=O)CC(=C)C(=O)OCC)OC(=O)C(=C)CC(=O)OCC)C(=O)OCC. The molecule has 0 aliphatic rings. The fourth-order valence-corrected chi connectivity index (χ4v) is 2.59. The molecular weight excluding hydrogens is 448 g/mol. The molecule has 0 heterocycles. The smallest absolute Gasteiger partial charge is 0.334 e. The Bertz CT molecular complexity index is 791. The second-order valence-corrected chi connectivity index (χ2v) is 7.10. The molecule has 0 amide bonds. The highest BCUT2D eigenvalue weighted by atomic mass is 16.6. The third-order valence-electron chi connectivity index (χ3n) is 4.09. The summed E-state index contributed by atoms with van der Waals surface area (Å²) in [5, 5.41) is 0. The zero-order valence-electron chi connectivity index (χ0n) is 19.9. The number of rotatable bonds is 17. The fourth-order valence-electron chi connectivity index (χ4n) is 2.59. The highest BCUT2D eigenvalue weighted by molar-refractivity contribution is 5.98. The van der Waals surface area contributed by atoms with Crippen molar-refractivity contribution in [3.63, 3.8) is 0 Å². The van der Waals surface area contributed by atoms with Crippen LogP contribution in [0.5, 0.6) is 0 Å². The Labute approximate surface area is 198 Å². The van der Waals surface area contributed by atoms with Gasteiger partial charge in [0.05, 0.1) is 26.2 Å². The van der Waals surface area contributed by atoms with Gasteiger partial charge in [-0.3, -0.25) is 14.4 Å². The standard InChI is InChI=1S/C24H32O10/c1-7-31-21(27)12-17(6)24(30)34-20(13-18(25)10-15(4)22(28)32-8-2)14-19(26)11-16(5)23(29)33-9-3/h20H,4-14H2,1-3H3. The molecule has 188 valence electrons. The lowest BCUT2D eigenvalue weighted by molar-refractivity contribution is -0.150. The normalized spacial score (nSPS) is 10.1. The van der Waals surface area contributed by atoms with E-state index in [-0.39, 0.29) is 49.4 Å². The highest BCUT2D eigenvalue weighted by Crippen LogP contribution is 2.16. The summed E-state index contributed by atoms with van der Waals surface area (Å²) in [5.74, 6) is -4.24. The van der Waals surface area contributed by atoms with E-state index in [4.69, 9.17) is 18.9 Å². The van der Waals surface area contributed by atoms with Crippen LogP contribution in [-0.4, -0.2) is 61.4 Å². The molecule has 10 nitrogen and oxygen atoms in total. The van der Waals surface area contributed by atoms with E-state index in [1.165, 1.54) is 0 Å². The van der Waals surface area contributed by atoms with Gasteiger partial charge < -0.3 is 18.9 Å².